The van der Waals surface area contributed by atoms with Gasteiger partial charge in [-0.2, -0.15) is 4.98 Å². The second kappa shape index (κ2) is 7.21. The number of aryl methyl sites for hydroxylation is 1. The molecule has 2 rings (SSSR count). The average molecular weight is 352 g/mol. The molecule has 0 aliphatic heterocycles. The van der Waals surface area contributed by atoms with Crippen molar-refractivity contribution in [2.75, 3.05) is 0 Å². The van der Waals surface area contributed by atoms with Crippen LogP contribution in [0.25, 0.3) is 5.76 Å². The van der Waals surface area contributed by atoms with Gasteiger partial charge in [0.25, 0.3) is 5.95 Å². The number of aliphatic carboxylic acids is 1. The van der Waals surface area contributed by atoms with E-state index < -0.39 is 17.3 Å². The largest absolute Gasteiger partial charge is 0.506 e. The zero-order chi connectivity index (χ0) is 17.0. The van der Waals surface area contributed by atoms with Crippen molar-refractivity contribution >= 4 is 47.1 Å². The van der Waals surface area contributed by atoms with Gasteiger partial charge in [0.2, 0.25) is 0 Å². The number of benzene rings is 1. The molecule has 0 saturated carbocycles. The lowest BCUT2D eigenvalue weighted by atomic mass is 10.1. The van der Waals surface area contributed by atoms with Crippen LogP contribution in [0, 0.1) is 6.92 Å². The summed E-state index contributed by atoms with van der Waals surface area (Å²) in [5, 5.41) is 19.8. The first kappa shape index (κ1) is 16.9. The van der Waals surface area contributed by atoms with E-state index >= 15 is 0 Å². The van der Waals surface area contributed by atoms with E-state index in [0.717, 1.165) is 6.21 Å². The summed E-state index contributed by atoms with van der Waals surface area (Å²) in [7, 11) is 0. The average Bonchev–Trinajstić information content (AvgIpc) is 2.46. The summed E-state index contributed by atoms with van der Waals surface area (Å²) < 4.78 is 0. The standard InChI is InChI=1S/C15H11Cl2N3O3/c1-8-6-12(17)20-15(19-8)18-7-10(14(22)23)13(21)9-4-2-3-5-11(9)16/h2-7,21H,1H3,(H,22,23)/b13-10+,18-7+. The Morgan fingerprint density at radius 1 is 1.22 bits per heavy atom. The lowest BCUT2D eigenvalue weighted by molar-refractivity contribution is -0.132. The fourth-order valence-corrected chi connectivity index (χ4v) is 2.17. The summed E-state index contributed by atoms with van der Waals surface area (Å²) in [6.07, 6.45) is 0.950. The molecule has 0 spiro atoms. The number of rotatable bonds is 4. The number of carboxylic acid groups (broad SMARTS) is 1. The Hall–Kier alpha value is -2.44. The molecule has 118 valence electrons. The first-order valence-corrected chi connectivity index (χ1v) is 7.10. The van der Waals surface area contributed by atoms with Crippen LogP contribution in [0.3, 0.4) is 0 Å². The summed E-state index contributed by atoms with van der Waals surface area (Å²) in [4.78, 5) is 23.1. The van der Waals surface area contributed by atoms with Gasteiger partial charge in [-0.1, -0.05) is 35.3 Å². The summed E-state index contributed by atoms with van der Waals surface area (Å²) in [5.41, 5.74) is 0.314. The molecule has 0 aliphatic carbocycles. The maximum Gasteiger partial charge on any atom is 0.341 e. The highest BCUT2D eigenvalue weighted by atomic mass is 35.5. The molecule has 1 aromatic carbocycles. The smallest absolute Gasteiger partial charge is 0.341 e. The molecular weight excluding hydrogens is 341 g/mol. The van der Waals surface area contributed by atoms with E-state index in [9.17, 15) is 15.0 Å². The molecule has 23 heavy (non-hydrogen) atoms. The van der Waals surface area contributed by atoms with Crippen LogP contribution in [0.15, 0.2) is 40.9 Å². The van der Waals surface area contributed by atoms with Crippen molar-refractivity contribution in [3.63, 3.8) is 0 Å². The van der Waals surface area contributed by atoms with Crippen molar-refractivity contribution in [3.05, 3.63) is 57.3 Å². The van der Waals surface area contributed by atoms with Gasteiger partial charge in [-0.05, 0) is 25.1 Å². The third kappa shape index (κ3) is 4.28. The number of aliphatic imine (C=N–C) groups is 1. The van der Waals surface area contributed by atoms with E-state index in [4.69, 9.17) is 23.2 Å². The SMILES string of the molecule is Cc1cc(Cl)nc(/N=C/C(C(=O)O)=C(\O)c2ccccc2Cl)n1. The Balaban J connectivity index is 2.46. The van der Waals surface area contributed by atoms with Crippen LogP contribution >= 0.6 is 23.2 Å². The predicted octanol–water partition coefficient (Wildman–Crippen LogP) is 3.85. The van der Waals surface area contributed by atoms with Crippen LogP contribution < -0.4 is 0 Å². The molecule has 0 radical (unpaired) electrons. The molecule has 1 aromatic heterocycles. The van der Waals surface area contributed by atoms with E-state index in [1.165, 1.54) is 18.2 Å². The quantitative estimate of drug-likeness (QED) is 0.377. The molecule has 0 saturated heterocycles. The van der Waals surface area contributed by atoms with E-state index in [0.29, 0.717) is 5.69 Å². The third-order valence-corrected chi connectivity index (χ3v) is 3.26. The zero-order valence-corrected chi connectivity index (χ0v) is 13.4. The molecule has 0 bridgehead atoms. The summed E-state index contributed by atoms with van der Waals surface area (Å²) in [6.45, 7) is 1.70. The van der Waals surface area contributed by atoms with E-state index in [1.807, 2.05) is 0 Å². The lowest BCUT2D eigenvalue weighted by Crippen LogP contribution is -2.06. The van der Waals surface area contributed by atoms with Crippen molar-refractivity contribution in [1.29, 1.82) is 0 Å². The van der Waals surface area contributed by atoms with Gasteiger partial charge in [-0.3, -0.25) is 0 Å². The Labute approximate surface area is 141 Å². The number of carboxylic acids is 1. The van der Waals surface area contributed by atoms with Gasteiger partial charge >= 0.3 is 5.97 Å². The number of halogens is 2. The molecule has 6 nitrogen and oxygen atoms in total. The van der Waals surface area contributed by atoms with Crippen LogP contribution in [0.5, 0.6) is 0 Å². The number of aliphatic hydroxyl groups excluding tert-OH is 1. The van der Waals surface area contributed by atoms with Gasteiger partial charge in [0, 0.05) is 17.5 Å². The Morgan fingerprint density at radius 2 is 1.91 bits per heavy atom. The molecule has 8 heteroatoms. The highest BCUT2D eigenvalue weighted by molar-refractivity contribution is 6.32. The van der Waals surface area contributed by atoms with Crippen LogP contribution in [-0.2, 0) is 4.79 Å². The molecule has 1 heterocycles. The van der Waals surface area contributed by atoms with Crippen molar-refractivity contribution in [2.24, 2.45) is 4.99 Å². The van der Waals surface area contributed by atoms with Crippen LogP contribution in [0.1, 0.15) is 11.3 Å². The van der Waals surface area contributed by atoms with Gasteiger partial charge < -0.3 is 10.2 Å². The van der Waals surface area contributed by atoms with Gasteiger partial charge in [-0.15, -0.1) is 0 Å². The van der Waals surface area contributed by atoms with Crippen molar-refractivity contribution in [2.45, 2.75) is 6.92 Å². The molecule has 0 aliphatic rings. The van der Waals surface area contributed by atoms with Crippen molar-refractivity contribution in [3.8, 4) is 0 Å². The summed E-state index contributed by atoms with van der Waals surface area (Å²) in [6, 6.07) is 7.85. The first-order chi connectivity index (χ1) is 10.9. The molecule has 0 fully saturated rings. The monoisotopic (exact) mass is 351 g/mol. The fraction of sp³-hybridized carbons (Fsp3) is 0.0667. The Bertz CT molecular complexity index is 799. The van der Waals surface area contributed by atoms with Crippen molar-refractivity contribution < 1.29 is 15.0 Å². The van der Waals surface area contributed by atoms with E-state index in [-0.39, 0.29) is 21.7 Å². The fourth-order valence-electron chi connectivity index (χ4n) is 1.71. The molecule has 2 N–H and O–H groups in total. The second-order valence-corrected chi connectivity index (χ2v) is 5.23. The summed E-state index contributed by atoms with van der Waals surface area (Å²) in [5.74, 6) is -1.89. The normalized spacial score (nSPS) is 12.3. The minimum atomic E-state index is -1.37. The highest BCUT2D eigenvalue weighted by Gasteiger charge is 2.16. The van der Waals surface area contributed by atoms with Gasteiger partial charge in [-0.25, -0.2) is 14.8 Å². The van der Waals surface area contributed by atoms with Gasteiger partial charge in [0.1, 0.15) is 16.5 Å². The van der Waals surface area contributed by atoms with Crippen LogP contribution in [0.2, 0.25) is 10.2 Å². The Morgan fingerprint density at radius 3 is 2.52 bits per heavy atom. The third-order valence-electron chi connectivity index (χ3n) is 2.73. The van der Waals surface area contributed by atoms with E-state index in [1.54, 1.807) is 19.1 Å². The second-order valence-electron chi connectivity index (χ2n) is 4.44. The maximum absolute atomic E-state index is 11.4. The number of hydrogen-bond acceptors (Lipinski definition) is 5. The molecule has 0 amide bonds. The molecule has 0 atom stereocenters. The number of aliphatic hydroxyl groups is 1. The van der Waals surface area contributed by atoms with Crippen LogP contribution in [0.4, 0.5) is 5.95 Å². The topological polar surface area (TPSA) is 95.7 Å². The minimum absolute atomic E-state index is 0.0132. The number of hydrogen-bond donors (Lipinski definition) is 2. The predicted molar refractivity (Wildman–Crippen MR) is 88.6 cm³/mol. The van der Waals surface area contributed by atoms with Gasteiger partial charge in [0.05, 0.1) is 5.02 Å². The van der Waals surface area contributed by atoms with E-state index in [2.05, 4.69) is 15.0 Å². The Kier molecular flexibility index (Phi) is 5.31. The van der Waals surface area contributed by atoms with Gasteiger partial charge in [0.15, 0.2) is 0 Å². The number of nitrogens with zero attached hydrogens (tertiary/aromatic N) is 3. The minimum Gasteiger partial charge on any atom is -0.506 e. The number of carbonyl (C=O) groups is 1. The van der Waals surface area contributed by atoms with Crippen LogP contribution in [-0.4, -0.2) is 32.4 Å². The zero-order valence-electron chi connectivity index (χ0n) is 11.9. The first-order valence-electron chi connectivity index (χ1n) is 6.35. The van der Waals surface area contributed by atoms with Crippen molar-refractivity contribution in [1.82, 2.24) is 9.97 Å². The summed E-state index contributed by atoms with van der Waals surface area (Å²) >= 11 is 11.7. The maximum atomic E-state index is 11.4. The number of aromatic nitrogens is 2. The molecule has 0 unspecified atom stereocenters. The molecular formula is C15H11Cl2N3O3. The lowest BCUT2D eigenvalue weighted by Gasteiger charge is -2.05. The molecule has 2 aromatic rings. The highest BCUT2D eigenvalue weighted by Crippen LogP contribution is 2.24.